The minimum absolute atomic E-state index is 0.246. The van der Waals surface area contributed by atoms with Crippen LogP contribution in [0.1, 0.15) is 39.2 Å². The van der Waals surface area contributed by atoms with Gasteiger partial charge in [-0.3, -0.25) is 0 Å². The third-order valence-electron chi connectivity index (χ3n) is 2.55. The van der Waals surface area contributed by atoms with Crippen LogP contribution in [0, 0.1) is 0 Å². The molecule has 0 saturated carbocycles. The fourth-order valence-electron chi connectivity index (χ4n) is 1.56. The maximum absolute atomic E-state index is 5.85. The van der Waals surface area contributed by atoms with Crippen molar-refractivity contribution in [2.75, 3.05) is 12.3 Å². The molecule has 0 spiro atoms. The highest BCUT2D eigenvalue weighted by Crippen LogP contribution is 2.16. The summed E-state index contributed by atoms with van der Waals surface area (Å²) >= 11 is 7.85. The van der Waals surface area contributed by atoms with Gasteiger partial charge in [0.2, 0.25) is 0 Å². The number of nitrogens with one attached hydrogen (secondary N) is 1. The van der Waals surface area contributed by atoms with Gasteiger partial charge in [0.25, 0.3) is 0 Å². The van der Waals surface area contributed by atoms with Gasteiger partial charge >= 0.3 is 0 Å². The van der Waals surface area contributed by atoms with Crippen LogP contribution < -0.4 is 5.32 Å². The first-order valence-corrected chi connectivity index (χ1v) is 8.08. The van der Waals surface area contributed by atoms with Gasteiger partial charge in [-0.2, -0.15) is 11.8 Å². The van der Waals surface area contributed by atoms with E-state index in [1.54, 1.807) is 0 Å². The van der Waals surface area contributed by atoms with E-state index in [2.05, 4.69) is 38.2 Å². The fraction of sp³-hybridized carbons (Fsp3) is 0.600. The van der Waals surface area contributed by atoms with E-state index >= 15 is 0 Å². The standard InChI is InChI=1S/C15H24ClNS/c1-15(2,3)17-10-4-5-11-18-12-13-6-8-14(16)9-7-13/h6-9,17H,4-5,10-12H2,1-3H3. The number of hydrogen-bond acceptors (Lipinski definition) is 2. The van der Waals surface area contributed by atoms with Crippen LogP contribution in [-0.2, 0) is 5.75 Å². The van der Waals surface area contributed by atoms with Gasteiger partial charge in [0.15, 0.2) is 0 Å². The first kappa shape index (κ1) is 15.9. The summed E-state index contributed by atoms with van der Waals surface area (Å²) in [5.41, 5.74) is 1.61. The molecule has 0 fully saturated rings. The zero-order chi connectivity index (χ0) is 13.4. The molecule has 1 aromatic carbocycles. The van der Waals surface area contributed by atoms with Gasteiger partial charge in [-0.15, -0.1) is 0 Å². The minimum Gasteiger partial charge on any atom is -0.312 e. The number of rotatable bonds is 7. The van der Waals surface area contributed by atoms with Crippen molar-refractivity contribution in [3.63, 3.8) is 0 Å². The van der Waals surface area contributed by atoms with Crippen molar-refractivity contribution in [2.24, 2.45) is 0 Å². The smallest absolute Gasteiger partial charge is 0.0406 e. The van der Waals surface area contributed by atoms with E-state index in [1.807, 2.05) is 23.9 Å². The van der Waals surface area contributed by atoms with Crippen LogP contribution in [0.15, 0.2) is 24.3 Å². The second-order valence-electron chi connectivity index (χ2n) is 5.56. The maximum Gasteiger partial charge on any atom is 0.0406 e. The van der Waals surface area contributed by atoms with Gasteiger partial charge in [-0.25, -0.2) is 0 Å². The van der Waals surface area contributed by atoms with Crippen molar-refractivity contribution in [2.45, 2.75) is 44.9 Å². The topological polar surface area (TPSA) is 12.0 Å². The molecule has 3 heteroatoms. The van der Waals surface area contributed by atoms with E-state index in [0.717, 1.165) is 17.3 Å². The highest BCUT2D eigenvalue weighted by Gasteiger charge is 2.06. The quantitative estimate of drug-likeness (QED) is 0.726. The summed E-state index contributed by atoms with van der Waals surface area (Å²) < 4.78 is 0. The second kappa shape index (κ2) is 8.08. The van der Waals surface area contributed by atoms with E-state index in [1.165, 1.54) is 24.2 Å². The number of thioether (sulfide) groups is 1. The molecule has 1 nitrogen and oxygen atoms in total. The van der Waals surface area contributed by atoms with Crippen LogP contribution in [0.3, 0.4) is 0 Å². The normalized spacial score (nSPS) is 11.8. The predicted octanol–water partition coefficient (Wildman–Crippen LogP) is 4.74. The first-order valence-electron chi connectivity index (χ1n) is 6.54. The van der Waals surface area contributed by atoms with Gasteiger partial charge in [-0.1, -0.05) is 23.7 Å². The summed E-state index contributed by atoms with van der Waals surface area (Å²) in [5, 5.41) is 4.33. The molecule has 0 unspecified atom stereocenters. The highest BCUT2D eigenvalue weighted by molar-refractivity contribution is 7.98. The summed E-state index contributed by atoms with van der Waals surface area (Å²) in [4.78, 5) is 0. The minimum atomic E-state index is 0.246. The third-order valence-corrected chi connectivity index (χ3v) is 3.92. The Morgan fingerprint density at radius 2 is 1.78 bits per heavy atom. The molecule has 0 heterocycles. The fourth-order valence-corrected chi connectivity index (χ4v) is 2.67. The Labute approximate surface area is 121 Å². The molecule has 1 N–H and O–H groups in total. The Morgan fingerprint density at radius 3 is 2.39 bits per heavy atom. The summed E-state index contributed by atoms with van der Waals surface area (Å²) in [6, 6.07) is 8.14. The number of hydrogen-bond donors (Lipinski definition) is 1. The Hall–Kier alpha value is -0.180. The molecule has 0 aliphatic heterocycles. The lowest BCUT2D eigenvalue weighted by Gasteiger charge is -2.20. The van der Waals surface area contributed by atoms with Crippen molar-refractivity contribution >= 4 is 23.4 Å². The summed E-state index contributed by atoms with van der Waals surface area (Å²) in [7, 11) is 0. The summed E-state index contributed by atoms with van der Waals surface area (Å²) in [6.45, 7) is 7.75. The van der Waals surface area contributed by atoms with E-state index in [9.17, 15) is 0 Å². The molecule has 0 atom stereocenters. The Morgan fingerprint density at radius 1 is 1.11 bits per heavy atom. The molecule has 102 valence electrons. The van der Waals surface area contributed by atoms with Crippen molar-refractivity contribution < 1.29 is 0 Å². The summed E-state index contributed by atoms with van der Waals surface area (Å²) in [6.07, 6.45) is 2.53. The average Bonchev–Trinajstić information content (AvgIpc) is 2.29. The van der Waals surface area contributed by atoms with E-state index in [0.29, 0.717) is 0 Å². The SMILES string of the molecule is CC(C)(C)NCCCCSCc1ccc(Cl)cc1. The van der Waals surface area contributed by atoms with Crippen LogP contribution in [0.2, 0.25) is 5.02 Å². The van der Waals surface area contributed by atoms with Gasteiger partial charge in [0.05, 0.1) is 0 Å². The second-order valence-corrected chi connectivity index (χ2v) is 7.10. The van der Waals surface area contributed by atoms with Crippen LogP contribution in [0.5, 0.6) is 0 Å². The molecule has 0 bridgehead atoms. The lowest BCUT2D eigenvalue weighted by molar-refractivity contribution is 0.421. The molecule has 0 amide bonds. The highest BCUT2D eigenvalue weighted by atomic mass is 35.5. The van der Waals surface area contributed by atoms with E-state index < -0.39 is 0 Å². The van der Waals surface area contributed by atoms with Crippen molar-refractivity contribution in [3.05, 3.63) is 34.9 Å². The molecule has 0 saturated heterocycles. The number of benzene rings is 1. The van der Waals surface area contributed by atoms with Crippen molar-refractivity contribution in [1.82, 2.24) is 5.32 Å². The molecule has 1 aromatic rings. The lowest BCUT2D eigenvalue weighted by Crippen LogP contribution is -2.36. The Balaban J connectivity index is 2.00. The van der Waals surface area contributed by atoms with Gasteiger partial charge < -0.3 is 5.32 Å². The third kappa shape index (κ3) is 8.02. The van der Waals surface area contributed by atoms with Crippen LogP contribution in [0.4, 0.5) is 0 Å². The molecule has 0 radical (unpaired) electrons. The maximum atomic E-state index is 5.85. The van der Waals surface area contributed by atoms with Gasteiger partial charge in [-0.05, 0) is 63.6 Å². The largest absolute Gasteiger partial charge is 0.312 e. The Bertz CT molecular complexity index is 329. The van der Waals surface area contributed by atoms with Gasteiger partial charge in [0, 0.05) is 16.3 Å². The van der Waals surface area contributed by atoms with Crippen LogP contribution in [-0.4, -0.2) is 17.8 Å². The zero-order valence-corrected chi connectivity index (χ0v) is 13.2. The first-order chi connectivity index (χ1) is 8.47. The average molecular weight is 286 g/mol. The lowest BCUT2D eigenvalue weighted by atomic mass is 10.1. The van der Waals surface area contributed by atoms with Gasteiger partial charge in [0.1, 0.15) is 0 Å². The van der Waals surface area contributed by atoms with Crippen molar-refractivity contribution in [1.29, 1.82) is 0 Å². The van der Waals surface area contributed by atoms with E-state index in [-0.39, 0.29) is 5.54 Å². The van der Waals surface area contributed by atoms with Crippen molar-refractivity contribution in [3.8, 4) is 0 Å². The molecule has 0 aliphatic carbocycles. The molecular formula is C15H24ClNS. The summed E-state index contributed by atoms with van der Waals surface area (Å²) in [5.74, 6) is 2.32. The van der Waals surface area contributed by atoms with Crippen LogP contribution in [0.25, 0.3) is 0 Å². The molecule has 0 aliphatic rings. The molecular weight excluding hydrogens is 262 g/mol. The van der Waals surface area contributed by atoms with Crippen LogP contribution >= 0.6 is 23.4 Å². The van der Waals surface area contributed by atoms with E-state index in [4.69, 9.17) is 11.6 Å². The number of halogens is 1. The monoisotopic (exact) mass is 285 g/mol. The molecule has 18 heavy (non-hydrogen) atoms. The molecule has 0 aromatic heterocycles. The molecule has 1 rings (SSSR count). The predicted molar refractivity (Wildman–Crippen MR) is 84.6 cm³/mol. The number of unbranched alkanes of at least 4 members (excludes halogenated alkanes) is 1. The Kier molecular flexibility index (Phi) is 7.13. The zero-order valence-electron chi connectivity index (χ0n) is 11.6.